The van der Waals surface area contributed by atoms with Gasteiger partial charge in [-0.1, -0.05) is 36.4 Å². The molecule has 1 aromatic carbocycles. The Hall–Kier alpha value is -1.96. The highest BCUT2D eigenvalue weighted by Crippen LogP contribution is 2.29. The van der Waals surface area contributed by atoms with Crippen molar-refractivity contribution in [3.63, 3.8) is 0 Å². The number of benzene rings is 1. The molecule has 24 heavy (non-hydrogen) atoms. The first-order chi connectivity index (χ1) is 11.5. The number of thiophene rings is 1. The third-order valence-corrected chi connectivity index (χ3v) is 6.87. The monoisotopic (exact) mass is 363 g/mol. The second-order valence-electron chi connectivity index (χ2n) is 5.31. The van der Waals surface area contributed by atoms with E-state index in [1.165, 1.54) is 17.5 Å². The lowest BCUT2D eigenvalue weighted by atomic mass is 10.0. The molecule has 1 aromatic heterocycles. The van der Waals surface area contributed by atoms with Crippen LogP contribution in [0.25, 0.3) is 5.57 Å². The van der Waals surface area contributed by atoms with Gasteiger partial charge in [0.1, 0.15) is 9.77 Å². The van der Waals surface area contributed by atoms with Gasteiger partial charge in [-0.3, -0.25) is 0 Å². The summed E-state index contributed by atoms with van der Waals surface area (Å²) in [7, 11) is -2.47. The number of nitrogens with zero attached hydrogens (tertiary/aromatic N) is 1. The zero-order valence-electron chi connectivity index (χ0n) is 13.1. The highest BCUT2D eigenvalue weighted by Gasteiger charge is 2.31. The van der Waals surface area contributed by atoms with Gasteiger partial charge in [0.05, 0.1) is 7.11 Å². The predicted molar refractivity (Wildman–Crippen MR) is 93.5 cm³/mol. The molecule has 2 heterocycles. The van der Waals surface area contributed by atoms with Crippen LogP contribution in [0, 0.1) is 0 Å². The van der Waals surface area contributed by atoms with Crippen LogP contribution < -0.4 is 0 Å². The van der Waals surface area contributed by atoms with E-state index in [1.54, 1.807) is 5.38 Å². The van der Waals surface area contributed by atoms with Gasteiger partial charge in [-0.2, -0.15) is 4.31 Å². The number of rotatable bonds is 4. The zero-order valence-corrected chi connectivity index (χ0v) is 14.8. The van der Waals surface area contributed by atoms with Crippen molar-refractivity contribution < 1.29 is 17.9 Å². The number of hydrogen-bond acceptors (Lipinski definition) is 5. The van der Waals surface area contributed by atoms with Crippen LogP contribution in [-0.2, 0) is 14.8 Å². The number of sulfonamides is 1. The Balaban J connectivity index is 1.85. The standard InChI is InChI=1S/C17H17NO4S2/c1-22-17(19)16-15(9-12-23-16)24(20,21)18-10-7-14(8-11-18)13-5-3-2-4-6-13/h2-7,9,12H,8,10-11H2,1H3. The van der Waals surface area contributed by atoms with Crippen molar-refractivity contribution in [3.05, 3.63) is 58.3 Å². The topological polar surface area (TPSA) is 63.7 Å². The molecule has 1 aliphatic heterocycles. The van der Waals surface area contributed by atoms with Gasteiger partial charge in [0, 0.05) is 13.1 Å². The Labute approximate surface area is 145 Å². The van der Waals surface area contributed by atoms with E-state index in [9.17, 15) is 13.2 Å². The van der Waals surface area contributed by atoms with Crippen molar-refractivity contribution in [2.24, 2.45) is 0 Å². The second kappa shape index (κ2) is 6.88. The third kappa shape index (κ3) is 3.15. The van der Waals surface area contributed by atoms with Gasteiger partial charge >= 0.3 is 5.97 Å². The minimum absolute atomic E-state index is 0.0240. The van der Waals surface area contributed by atoms with Crippen molar-refractivity contribution in [3.8, 4) is 0 Å². The Kier molecular flexibility index (Phi) is 4.84. The van der Waals surface area contributed by atoms with Crippen molar-refractivity contribution in [2.45, 2.75) is 11.3 Å². The third-order valence-electron chi connectivity index (χ3n) is 3.93. The molecule has 0 radical (unpaired) electrons. The number of hydrogen-bond donors (Lipinski definition) is 0. The van der Waals surface area contributed by atoms with Crippen LogP contribution in [0.2, 0.25) is 0 Å². The predicted octanol–water partition coefficient (Wildman–Crippen LogP) is 3.01. The minimum atomic E-state index is -3.71. The summed E-state index contributed by atoms with van der Waals surface area (Å²) in [6.07, 6.45) is 2.57. The smallest absolute Gasteiger partial charge is 0.349 e. The van der Waals surface area contributed by atoms with Crippen molar-refractivity contribution in [1.29, 1.82) is 0 Å². The fourth-order valence-corrected chi connectivity index (χ4v) is 5.35. The number of carbonyl (C=O) groups excluding carboxylic acids is 1. The molecule has 3 rings (SSSR count). The molecule has 2 aromatic rings. The largest absolute Gasteiger partial charge is 0.465 e. The summed E-state index contributed by atoms with van der Waals surface area (Å²) in [6, 6.07) is 11.4. The van der Waals surface area contributed by atoms with Crippen LogP contribution in [0.1, 0.15) is 21.7 Å². The molecule has 7 heteroatoms. The summed E-state index contributed by atoms with van der Waals surface area (Å²) in [5.74, 6) is -0.624. The molecular formula is C17H17NO4S2. The van der Waals surface area contributed by atoms with Crippen LogP contribution in [0.3, 0.4) is 0 Å². The van der Waals surface area contributed by atoms with Gasteiger partial charge in [0.15, 0.2) is 0 Å². The van der Waals surface area contributed by atoms with E-state index in [0.717, 1.165) is 22.5 Å². The van der Waals surface area contributed by atoms with Gasteiger partial charge in [0.25, 0.3) is 0 Å². The van der Waals surface area contributed by atoms with E-state index in [0.29, 0.717) is 19.5 Å². The summed E-state index contributed by atoms with van der Waals surface area (Å²) in [5.41, 5.74) is 2.25. The maximum Gasteiger partial charge on any atom is 0.349 e. The van der Waals surface area contributed by atoms with Gasteiger partial charge in [-0.15, -0.1) is 11.3 Å². The van der Waals surface area contributed by atoms with Crippen molar-refractivity contribution in [1.82, 2.24) is 4.31 Å². The molecule has 0 aliphatic carbocycles. The first-order valence-electron chi connectivity index (χ1n) is 7.44. The lowest BCUT2D eigenvalue weighted by Gasteiger charge is -2.26. The van der Waals surface area contributed by atoms with Crippen molar-refractivity contribution >= 4 is 32.9 Å². The van der Waals surface area contributed by atoms with E-state index < -0.39 is 16.0 Å². The molecule has 0 N–H and O–H groups in total. The normalized spacial score (nSPS) is 15.8. The van der Waals surface area contributed by atoms with E-state index in [2.05, 4.69) is 4.74 Å². The Morgan fingerprint density at radius 1 is 1.21 bits per heavy atom. The number of esters is 1. The quantitative estimate of drug-likeness (QED) is 0.784. The molecule has 126 valence electrons. The molecule has 0 spiro atoms. The molecule has 0 fully saturated rings. The highest BCUT2D eigenvalue weighted by atomic mass is 32.2. The first-order valence-corrected chi connectivity index (χ1v) is 9.76. The molecule has 0 saturated heterocycles. The molecule has 1 aliphatic rings. The Morgan fingerprint density at radius 2 is 1.96 bits per heavy atom. The average Bonchev–Trinajstić information content (AvgIpc) is 3.12. The summed E-state index contributed by atoms with van der Waals surface area (Å²) in [4.78, 5) is 11.9. The molecule has 0 saturated carbocycles. The summed E-state index contributed by atoms with van der Waals surface area (Å²) < 4.78 is 31.7. The van der Waals surface area contributed by atoms with Crippen molar-refractivity contribution in [2.75, 3.05) is 20.2 Å². The minimum Gasteiger partial charge on any atom is -0.465 e. The molecule has 0 atom stereocenters. The molecule has 0 bridgehead atoms. The fraction of sp³-hybridized carbons (Fsp3) is 0.235. The summed E-state index contributed by atoms with van der Waals surface area (Å²) in [6.45, 7) is 0.683. The van der Waals surface area contributed by atoms with Gasteiger partial charge in [-0.25, -0.2) is 13.2 Å². The maximum absolute atomic E-state index is 12.8. The molecular weight excluding hydrogens is 346 g/mol. The van der Waals surface area contributed by atoms with Gasteiger partial charge < -0.3 is 4.74 Å². The van der Waals surface area contributed by atoms with Gasteiger partial charge in [0.2, 0.25) is 10.0 Å². The van der Waals surface area contributed by atoms with Gasteiger partial charge in [-0.05, 0) is 29.0 Å². The Morgan fingerprint density at radius 3 is 2.58 bits per heavy atom. The summed E-state index contributed by atoms with van der Waals surface area (Å²) >= 11 is 1.07. The molecule has 5 nitrogen and oxygen atoms in total. The lowest BCUT2D eigenvalue weighted by Crippen LogP contribution is -2.35. The fourth-order valence-electron chi connectivity index (χ4n) is 2.66. The van der Waals surface area contributed by atoms with E-state index in [-0.39, 0.29) is 9.77 Å². The Bertz CT molecular complexity index is 869. The van der Waals surface area contributed by atoms with Crippen LogP contribution in [0.4, 0.5) is 0 Å². The zero-order chi connectivity index (χ0) is 17.2. The van der Waals surface area contributed by atoms with E-state index >= 15 is 0 Å². The summed E-state index contributed by atoms with van der Waals surface area (Å²) in [5, 5.41) is 1.59. The average molecular weight is 363 g/mol. The first kappa shape index (κ1) is 16.9. The molecule has 0 unspecified atom stereocenters. The number of methoxy groups -OCH3 is 1. The second-order valence-corrected chi connectivity index (χ2v) is 8.14. The maximum atomic E-state index is 12.8. The number of carbonyl (C=O) groups is 1. The highest BCUT2D eigenvalue weighted by molar-refractivity contribution is 7.89. The van der Waals surface area contributed by atoms with Crippen LogP contribution >= 0.6 is 11.3 Å². The van der Waals surface area contributed by atoms with Crippen LogP contribution in [0.5, 0.6) is 0 Å². The van der Waals surface area contributed by atoms with E-state index in [1.807, 2.05) is 36.4 Å². The molecule has 0 amide bonds. The van der Waals surface area contributed by atoms with E-state index in [4.69, 9.17) is 0 Å². The lowest BCUT2D eigenvalue weighted by molar-refractivity contribution is 0.0602. The van der Waals surface area contributed by atoms with Crippen LogP contribution in [0.15, 0.2) is 52.7 Å². The SMILES string of the molecule is COC(=O)c1sccc1S(=O)(=O)N1CC=C(c2ccccc2)CC1. The number of ether oxygens (including phenoxy) is 1. The van der Waals surface area contributed by atoms with Crippen LogP contribution in [-0.4, -0.2) is 38.9 Å².